The number of nitrogens with one attached hydrogen (secondary N) is 4. The van der Waals surface area contributed by atoms with Gasteiger partial charge in [0.2, 0.25) is 0 Å². The highest BCUT2D eigenvalue weighted by atomic mass is 19.1. The molecule has 0 radical (unpaired) electrons. The third-order valence-electron chi connectivity index (χ3n) is 4.44. The highest BCUT2D eigenvalue weighted by molar-refractivity contribution is 5.95. The maximum atomic E-state index is 13.0. The van der Waals surface area contributed by atoms with Crippen molar-refractivity contribution in [1.29, 1.82) is 0 Å². The van der Waals surface area contributed by atoms with Crippen LogP contribution in [-0.4, -0.2) is 21.2 Å². The Morgan fingerprint density at radius 3 is 2.62 bits per heavy atom. The topological polar surface area (TPSA) is 94.7 Å². The summed E-state index contributed by atoms with van der Waals surface area (Å²) in [6.45, 7) is 1.91. The van der Waals surface area contributed by atoms with E-state index < -0.39 is 0 Å². The zero-order chi connectivity index (χ0) is 20.2. The summed E-state index contributed by atoms with van der Waals surface area (Å²) in [7, 11) is 0. The number of hydrogen-bond donors (Lipinski definition) is 4. The minimum absolute atomic E-state index is 0.140. The van der Waals surface area contributed by atoms with Crippen LogP contribution in [-0.2, 0) is 0 Å². The molecule has 146 valence electrons. The van der Waals surface area contributed by atoms with Gasteiger partial charge < -0.3 is 10.6 Å². The van der Waals surface area contributed by atoms with Crippen LogP contribution in [0.4, 0.5) is 26.5 Å². The van der Waals surface area contributed by atoms with Crippen LogP contribution in [0.25, 0.3) is 10.9 Å². The average molecular weight is 390 g/mol. The molecule has 0 aliphatic rings. The summed E-state index contributed by atoms with van der Waals surface area (Å²) in [5.74, 6) is 0.653. The second kappa shape index (κ2) is 7.97. The number of hydrogen-bond acceptors (Lipinski definition) is 4. The van der Waals surface area contributed by atoms with Gasteiger partial charge in [-0.25, -0.2) is 14.2 Å². The smallest absolute Gasteiger partial charge is 0.320 e. The number of fused-ring (bicyclic) bond motifs is 1. The van der Waals surface area contributed by atoms with E-state index in [0.717, 1.165) is 10.9 Å². The van der Waals surface area contributed by atoms with Crippen molar-refractivity contribution in [3.05, 3.63) is 78.2 Å². The Kier molecular flexibility index (Phi) is 5.07. The van der Waals surface area contributed by atoms with Gasteiger partial charge in [0.25, 0.3) is 0 Å². The second-order valence-electron chi connectivity index (χ2n) is 6.55. The van der Waals surface area contributed by atoms with Crippen LogP contribution in [0.2, 0.25) is 0 Å². The van der Waals surface area contributed by atoms with E-state index in [1.54, 1.807) is 24.4 Å². The van der Waals surface area contributed by atoms with Gasteiger partial charge in [-0.1, -0.05) is 30.3 Å². The molecule has 4 N–H and O–H groups in total. The largest absolute Gasteiger partial charge is 0.338 e. The molecule has 2 aromatic heterocycles. The molecule has 1 atom stereocenters. The second-order valence-corrected chi connectivity index (χ2v) is 6.55. The molecular weight excluding hydrogens is 371 g/mol. The van der Waals surface area contributed by atoms with E-state index in [1.165, 1.54) is 12.1 Å². The number of pyridine rings is 1. The minimum Gasteiger partial charge on any atom is -0.338 e. The van der Waals surface area contributed by atoms with Crippen LogP contribution in [0.15, 0.2) is 66.9 Å². The van der Waals surface area contributed by atoms with Crippen molar-refractivity contribution < 1.29 is 9.18 Å². The fraction of sp³-hybridized carbons (Fsp3) is 0.0952. The van der Waals surface area contributed by atoms with E-state index in [9.17, 15) is 9.18 Å². The van der Waals surface area contributed by atoms with E-state index in [2.05, 4.69) is 31.1 Å². The summed E-state index contributed by atoms with van der Waals surface area (Å²) in [5.41, 5.74) is 2.42. The molecule has 8 heteroatoms. The van der Waals surface area contributed by atoms with Crippen molar-refractivity contribution in [2.75, 3.05) is 10.6 Å². The first kappa shape index (κ1) is 18.4. The number of H-pyrrole nitrogens is 1. The van der Waals surface area contributed by atoms with Gasteiger partial charge in [-0.05, 0) is 36.8 Å². The molecule has 7 nitrogen and oxygen atoms in total. The number of aromatic nitrogens is 3. The normalized spacial score (nSPS) is 11.8. The van der Waals surface area contributed by atoms with Gasteiger partial charge in [0.15, 0.2) is 5.82 Å². The van der Waals surface area contributed by atoms with Gasteiger partial charge in [-0.15, -0.1) is 0 Å². The Morgan fingerprint density at radius 1 is 1.10 bits per heavy atom. The van der Waals surface area contributed by atoms with Crippen LogP contribution >= 0.6 is 0 Å². The van der Waals surface area contributed by atoms with Gasteiger partial charge in [0.1, 0.15) is 11.6 Å². The summed E-state index contributed by atoms with van der Waals surface area (Å²) in [6.07, 6.45) is 1.61. The van der Waals surface area contributed by atoms with E-state index in [4.69, 9.17) is 0 Å². The molecule has 0 aliphatic carbocycles. The predicted molar refractivity (Wildman–Crippen MR) is 111 cm³/mol. The first-order valence-corrected chi connectivity index (χ1v) is 9.07. The highest BCUT2D eigenvalue weighted by Crippen LogP contribution is 2.25. The minimum atomic E-state index is -0.350. The summed E-state index contributed by atoms with van der Waals surface area (Å²) in [5, 5.41) is 16.6. The van der Waals surface area contributed by atoms with Crippen LogP contribution < -0.4 is 16.0 Å². The number of nitrogens with zero attached hydrogens (tertiary/aromatic N) is 2. The van der Waals surface area contributed by atoms with Crippen molar-refractivity contribution in [3.8, 4) is 0 Å². The standard InChI is InChI=1S/C21H19FN6O/c1-13(14-5-3-2-4-6-14)24-21(29)26-19-11-18-17(12-23-19)20(28-27-18)25-16-9-7-15(22)8-10-16/h2-13H,1H3,(H2,25,27,28)(H2,23,24,26,29)/t13-/m1/s1. The van der Waals surface area contributed by atoms with E-state index in [1.807, 2.05) is 37.3 Å². The number of urea groups is 1. The summed E-state index contributed by atoms with van der Waals surface area (Å²) >= 11 is 0. The Balaban J connectivity index is 1.44. The SMILES string of the molecule is C[C@@H](NC(=O)Nc1cc2[nH]nc(Nc3ccc(F)cc3)c2cn1)c1ccccc1. The number of benzene rings is 2. The molecular formula is C21H19FN6O. The fourth-order valence-corrected chi connectivity index (χ4v) is 2.92. The van der Waals surface area contributed by atoms with Crippen molar-refractivity contribution >= 4 is 34.3 Å². The lowest BCUT2D eigenvalue weighted by Crippen LogP contribution is -2.31. The van der Waals surface area contributed by atoms with Crippen molar-refractivity contribution in [3.63, 3.8) is 0 Å². The van der Waals surface area contributed by atoms with Crippen molar-refractivity contribution in [2.24, 2.45) is 0 Å². The third-order valence-corrected chi connectivity index (χ3v) is 4.44. The number of aromatic amines is 1. The summed E-state index contributed by atoms with van der Waals surface area (Å²) in [6, 6.07) is 16.9. The van der Waals surface area contributed by atoms with Crippen LogP contribution in [0.3, 0.4) is 0 Å². The number of amides is 2. The Bertz CT molecular complexity index is 1130. The number of carbonyl (C=O) groups excluding carboxylic acids is 1. The molecule has 2 amide bonds. The van der Waals surface area contributed by atoms with Crippen LogP contribution in [0.1, 0.15) is 18.5 Å². The zero-order valence-corrected chi connectivity index (χ0v) is 15.6. The molecule has 0 saturated heterocycles. The predicted octanol–water partition coefficient (Wildman–Crippen LogP) is 4.72. The van der Waals surface area contributed by atoms with E-state index >= 15 is 0 Å². The van der Waals surface area contributed by atoms with Crippen molar-refractivity contribution in [2.45, 2.75) is 13.0 Å². The molecule has 0 aliphatic heterocycles. The third kappa shape index (κ3) is 4.32. The lowest BCUT2D eigenvalue weighted by atomic mass is 10.1. The number of rotatable bonds is 5. The Labute approximate surface area is 166 Å². The van der Waals surface area contributed by atoms with Gasteiger partial charge in [-0.2, -0.15) is 5.10 Å². The fourth-order valence-electron chi connectivity index (χ4n) is 2.92. The molecule has 0 bridgehead atoms. The Morgan fingerprint density at radius 2 is 1.86 bits per heavy atom. The maximum absolute atomic E-state index is 13.0. The number of halogens is 1. The average Bonchev–Trinajstić information content (AvgIpc) is 3.12. The molecule has 2 heterocycles. The molecule has 0 spiro atoms. The van der Waals surface area contributed by atoms with E-state index in [-0.39, 0.29) is 17.9 Å². The number of anilines is 3. The lowest BCUT2D eigenvalue weighted by molar-refractivity contribution is 0.249. The molecule has 4 rings (SSSR count). The summed E-state index contributed by atoms with van der Waals surface area (Å²) in [4.78, 5) is 16.6. The maximum Gasteiger partial charge on any atom is 0.320 e. The van der Waals surface area contributed by atoms with Crippen LogP contribution in [0, 0.1) is 5.82 Å². The van der Waals surface area contributed by atoms with E-state index in [0.29, 0.717) is 22.8 Å². The molecule has 29 heavy (non-hydrogen) atoms. The molecule has 0 saturated carbocycles. The highest BCUT2D eigenvalue weighted by Gasteiger charge is 2.12. The van der Waals surface area contributed by atoms with Gasteiger partial charge in [0, 0.05) is 18.0 Å². The number of carbonyl (C=O) groups is 1. The molecule has 4 aromatic rings. The van der Waals surface area contributed by atoms with Gasteiger partial charge in [0.05, 0.1) is 16.9 Å². The lowest BCUT2D eigenvalue weighted by Gasteiger charge is -2.14. The quantitative estimate of drug-likeness (QED) is 0.396. The van der Waals surface area contributed by atoms with Crippen molar-refractivity contribution in [1.82, 2.24) is 20.5 Å². The van der Waals surface area contributed by atoms with Gasteiger partial charge in [-0.3, -0.25) is 10.4 Å². The summed E-state index contributed by atoms with van der Waals surface area (Å²) < 4.78 is 13.0. The first-order chi connectivity index (χ1) is 14.1. The first-order valence-electron chi connectivity index (χ1n) is 9.07. The monoisotopic (exact) mass is 390 g/mol. The zero-order valence-electron chi connectivity index (χ0n) is 15.6. The molecule has 0 fully saturated rings. The van der Waals surface area contributed by atoms with Gasteiger partial charge >= 0.3 is 6.03 Å². The van der Waals surface area contributed by atoms with Crippen LogP contribution in [0.5, 0.6) is 0 Å². The molecule has 2 aromatic carbocycles. The Hall–Kier alpha value is -3.94. The molecule has 0 unspecified atom stereocenters.